The minimum absolute atomic E-state index is 0. The predicted octanol–water partition coefficient (Wildman–Crippen LogP) is 2.37. The molecule has 0 nitrogen and oxygen atoms in total. The molecule has 0 aromatic rings. The van der Waals surface area contributed by atoms with E-state index in [9.17, 15) is 0 Å². The first-order valence-corrected chi connectivity index (χ1v) is 14.3. The van der Waals surface area contributed by atoms with Gasteiger partial charge in [-0.3, -0.25) is 0 Å². The molecular weight excluding hydrogens is 538 g/mol. The fourth-order valence-electron chi connectivity index (χ4n) is 4.77. The molecule has 0 saturated heterocycles. The molecule has 2 atom stereocenters. The van der Waals surface area contributed by atoms with E-state index in [0.29, 0.717) is 6.34 Å². The summed E-state index contributed by atoms with van der Waals surface area (Å²) in [6, 6.07) is 0. The number of hydrogen-bond acceptors (Lipinski definition) is 0. The van der Waals surface area contributed by atoms with Crippen LogP contribution in [0.1, 0.15) is 92.9 Å². The first kappa shape index (κ1) is 27.4. The van der Waals surface area contributed by atoms with Crippen LogP contribution in [0.2, 0.25) is 6.34 Å². The van der Waals surface area contributed by atoms with Crippen LogP contribution in [0, 0.1) is 0 Å². The molecule has 0 bridgehead atoms. The van der Waals surface area contributed by atoms with Crippen LogP contribution in [0.15, 0.2) is 46.6 Å². The fraction of sp³-hybridized carbons (Fsp3) is 0.667. The molecule has 0 aromatic heterocycles. The third-order valence-corrected chi connectivity index (χ3v) is 15.2. The molecule has 0 aliphatic heterocycles. The Morgan fingerprint density at radius 3 is 1.30 bits per heavy atom. The number of halogens is 2. The second-order valence-electron chi connectivity index (χ2n) is 7.76. The average molecular weight is 576 g/mol. The van der Waals surface area contributed by atoms with E-state index in [1.165, 1.54) is 51.4 Å². The second kappa shape index (κ2) is 12.2. The summed E-state index contributed by atoms with van der Waals surface area (Å²) in [6.45, 7) is 14.3. The summed E-state index contributed by atoms with van der Waals surface area (Å²) in [5, 5.41) is 0. The Morgan fingerprint density at radius 1 is 0.667 bits per heavy atom. The van der Waals surface area contributed by atoms with Gasteiger partial charge in [0.15, 0.2) is 0 Å². The minimum Gasteiger partial charge on any atom is -1.00 e. The molecule has 2 aliphatic rings. The molecule has 27 heavy (non-hydrogen) atoms. The van der Waals surface area contributed by atoms with Gasteiger partial charge in [0, 0.05) is 0 Å². The van der Waals surface area contributed by atoms with E-state index in [2.05, 4.69) is 65.8 Å². The van der Waals surface area contributed by atoms with Gasteiger partial charge >= 0.3 is 169 Å². The van der Waals surface area contributed by atoms with Crippen LogP contribution in [0.5, 0.6) is 0 Å². The van der Waals surface area contributed by atoms with Crippen LogP contribution in [-0.2, 0) is 22.9 Å². The molecule has 3 heteroatoms. The Hall–Kier alpha value is 0.410. The zero-order valence-electron chi connectivity index (χ0n) is 18.2. The minimum atomic E-state index is -1.00. The van der Waals surface area contributed by atoms with Crippen molar-refractivity contribution in [2.24, 2.45) is 0 Å². The molecule has 0 aromatic carbocycles. The zero-order valence-corrected chi connectivity index (χ0v) is 23.3. The largest absolute Gasteiger partial charge is 1.00 e. The molecule has 0 heterocycles. The van der Waals surface area contributed by atoms with Gasteiger partial charge in [0.05, 0.1) is 0 Å². The Labute approximate surface area is 192 Å². The van der Waals surface area contributed by atoms with E-state index in [0.717, 1.165) is 0 Å². The molecule has 2 aliphatic carbocycles. The van der Waals surface area contributed by atoms with Crippen molar-refractivity contribution in [2.45, 2.75) is 99.3 Å². The van der Waals surface area contributed by atoms with Crippen molar-refractivity contribution in [1.29, 1.82) is 0 Å². The maximum atomic E-state index is 2.74. The van der Waals surface area contributed by atoms with E-state index >= 15 is 0 Å². The summed E-state index contributed by atoms with van der Waals surface area (Å²) in [5.74, 6) is 0. The monoisotopic (exact) mass is 576 g/mol. The second-order valence-corrected chi connectivity index (χ2v) is 15.1. The fourth-order valence-corrected chi connectivity index (χ4v) is 13.7. The van der Waals surface area contributed by atoms with E-state index in [1.54, 1.807) is 22.3 Å². The Balaban J connectivity index is 0.00000338. The maximum Gasteiger partial charge on any atom is -1.00 e. The van der Waals surface area contributed by atoms with Crippen LogP contribution in [0.3, 0.4) is 0 Å². The van der Waals surface area contributed by atoms with Gasteiger partial charge in [-0.25, -0.2) is 0 Å². The Morgan fingerprint density at radius 2 is 1.04 bits per heavy atom. The summed E-state index contributed by atoms with van der Waals surface area (Å²) in [6.07, 6.45) is 20.8. The van der Waals surface area contributed by atoms with Gasteiger partial charge in [0.25, 0.3) is 0 Å². The average Bonchev–Trinajstić information content (AvgIpc) is 3.14. The van der Waals surface area contributed by atoms with Crippen molar-refractivity contribution >= 4 is 0 Å². The van der Waals surface area contributed by atoms with E-state index in [-0.39, 0.29) is 24.8 Å². The molecule has 0 N–H and O–H groups in total. The van der Waals surface area contributed by atoms with Crippen LogP contribution < -0.4 is 24.8 Å². The van der Waals surface area contributed by atoms with Gasteiger partial charge in [0.2, 0.25) is 0 Å². The van der Waals surface area contributed by atoms with Gasteiger partial charge in [-0.05, 0) is 0 Å². The van der Waals surface area contributed by atoms with Gasteiger partial charge in [-0.1, -0.05) is 0 Å². The van der Waals surface area contributed by atoms with Gasteiger partial charge in [-0.15, -0.1) is 0 Å². The molecule has 0 saturated carbocycles. The van der Waals surface area contributed by atoms with Crippen LogP contribution >= 0.6 is 0 Å². The van der Waals surface area contributed by atoms with Crippen molar-refractivity contribution in [3.8, 4) is 0 Å². The molecule has 0 spiro atoms. The molecular formula is C24H38Cl2Hf. The van der Waals surface area contributed by atoms with Crippen molar-refractivity contribution in [2.75, 3.05) is 0 Å². The van der Waals surface area contributed by atoms with Crippen molar-refractivity contribution < 1.29 is 47.7 Å². The maximum absolute atomic E-state index is 2.74. The van der Waals surface area contributed by atoms with Crippen molar-refractivity contribution in [1.82, 2.24) is 0 Å². The molecule has 2 unspecified atom stereocenters. The normalized spacial score (nSPS) is 26.3. The van der Waals surface area contributed by atoms with Crippen LogP contribution in [0.4, 0.5) is 0 Å². The van der Waals surface area contributed by atoms with Gasteiger partial charge in [0.1, 0.15) is 0 Å². The predicted molar refractivity (Wildman–Crippen MR) is 109 cm³/mol. The molecule has 0 fully saturated rings. The summed E-state index contributed by atoms with van der Waals surface area (Å²) >= 11 is -1.00. The van der Waals surface area contributed by atoms with E-state index in [4.69, 9.17) is 0 Å². The topological polar surface area (TPSA) is 0 Å². The third-order valence-electron chi connectivity index (χ3n) is 6.13. The van der Waals surface area contributed by atoms with E-state index in [1.807, 2.05) is 0 Å². The smallest absolute Gasteiger partial charge is 1.00 e. The first-order valence-electron chi connectivity index (χ1n) is 10.7. The number of allylic oxidation sites excluding steroid dienone is 8. The number of hydrogen-bond donors (Lipinski definition) is 0. The number of rotatable bonds is 10. The summed E-state index contributed by atoms with van der Waals surface area (Å²) in [5.41, 5.74) is 6.81. The molecule has 2 rings (SSSR count). The Bertz CT molecular complexity index is 548. The summed E-state index contributed by atoms with van der Waals surface area (Å²) in [7, 11) is 0. The van der Waals surface area contributed by atoms with Crippen molar-refractivity contribution in [3.05, 3.63) is 46.6 Å². The molecule has 0 amide bonds. The van der Waals surface area contributed by atoms with Crippen LogP contribution in [0.25, 0.3) is 0 Å². The zero-order chi connectivity index (χ0) is 18.5. The standard InChI is InChI=1S/2C12H19.2ClH.Hf/c2*1-4-7-10-8-11(5-2)12(6-3)9-10;;;/h2*8-9H,4-7H2,1-3H3;2*1H;/q;;;;+2/p-2. The molecule has 152 valence electrons. The van der Waals surface area contributed by atoms with Gasteiger partial charge < -0.3 is 24.8 Å². The summed E-state index contributed by atoms with van der Waals surface area (Å²) < 4.78 is 0.948. The SMILES string of the molecule is CCCC1=C[C](CC)([Hf+2][C]2(CC)C=C(CCC)C=C2CC)C(CC)=C1.[Cl-].[Cl-]. The van der Waals surface area contributed by atoms with Crippen molar-refractivity contribution in [3.63, 3.8) is 0 Å². The van der Waals surface area contributed by atoms with Crippen LogP contribution in [-0.4, -0.2) is 0 Å². The first-order chi connectivity index (χ1) is 12.0. The molecule has 0 radical (unpaired) electrons. The Kier molecular flexibility index (Phi) is 12.4. The quantitative estimate of drug-likeness (QED) is 0.351. The van der Waals surface area contributed by atoms with Gasteiger partial charge in [-0.2, -0.15) is 0 Å². The summed E-state index contributed by atoms with van der Waals surface area (Å²) in [4.78, 5) is 0. The van der Waals surface area contributed by atoms with E-state index < -0.39 is 22.9 Å². The third kappa shape index (κ3) is 5.73.